The number of rotatable bonds is 4. The van der Waals surface area contributed by atoms with Crippen LogP contribution in [0.3, 0.4) is 0 Å². The predicted octanol–water partition coefficient (Wildman–Crippen LogP) is 4.38. The number of likely N-dealkylation sites (tertiary alicyclic amines) is 2. The second-order valence-corrected chi connectivity index (χ2v) is 7.59. The maximum Gasteiger partial charge on any atom is 0.164 e. The number of hydrogen-bond acceptors (Lipinski definition) is 3. The van der Waals surface area contributed by atoms with Gasteiger partial charge in [0, 0.05) is 25.4 Å². The van der Waals surface area contributed by atoms with Crippen LogP contribution in [0, 0.1) is 0 Å². The minimum Gasteiger partial charge on any atom is -0.351 e. The molecule has 0 spiro atoms. The third kappa shape index (κ3) is 5.54. The van der Waals surface area contributed by atoms with E-state index in [9.17, 15) is 0 Å². The summed E-state index contributed by atoms with van der Waals surface area (Å²) in [5, 5.41) is 1.23. The number of amidine groups is 1. The van der Waals surface area contributed by atoms with Gasteiger partial charge in [-0.25, -0.2) is 4.99 Å². The number of piperidine rings is 2. The molecule has 126 valence electrons. The zero-order valence-electron chi connectivity index (χ0n) is 14.1. The zero-order valence-corrected chi connectivity index (χ0v) is 14.9. The van der Waals surface area contributed by atoms with E-state index in [2.05, 4.69) is 40.1 Å². The van der Waals surface area contributed by atoms with Crippen LogP contribution in [0.1, 0.15) is 38.5 Å². The summed E-state index contributed by atoms with van der Waals surface area (Å²) in [6.07, 6.45) is 8.15. The zero-order chi connectivity index (χ0) is 15.7. The van der Waals surface area contributed by atoms with E-state index in [1.165, 1.54) is 76.4 Å². The molecular formula is C19H29N3S. The van der Waals surface area contributed by atoms with Crippen LogP contribution in [0.25, 0.3) is 0 Å². The molecule has 0 bridgehead atoms. The third-order valence-electron chi connectivity index (χ3n) is 4.69. The Hall–Kier alpha value is -1.00. The summed E-state index contributed by atoms with van der Waals surface area (Å²) in [4.78, 5) is 10.1. The molecular weight excluding hydrogens is 302 g/mol. The number of aliphatic imine (C=N–C) groups is 1. The summed E-state index contributed by atoms with van der Waals surface area (Å²) in [5.74, 6) is 1.15. The van der Waals surface area contributed by atoms with Crippen LogP contribution in [0.2, 0.25) is 0 Å². The highest BCUT2D eigenvalue weighted by molar-refractivity contribution is 8.13. The molecule has 4 heteroatoms. The van der Waals surface area contributed by atoms with Crippen LogP contribution in [-0.2, 0) is 0 Å². The molecule has 0 unspecified atom stereocenters. The van der Waals surface area contributed by atoms with Gasteiger partial charge in [-0.3, -0.25) is 0 Å². The Morgan fingerprint density at radius 2 is 1.52 bits per heavy atom. The van der Waals surface area contributed by atoms with E-state index in [-0.39, 0.29) is 0 Å². The van der Waals surface area contributed by atoms with Gasteiger partial charge in [0.2, 0.25) is 0 Å². The van der Waals surface area contributed by atoms with E-state index < -0.39 is 0 Å². The molecule has 0 atom stereocenters. The van der Waals surface area contributed by atoms with E-state index in [0.29, 0.717) is 0 Å². The highest BCUT2D eigenvalue weighted by atomic mass is 32.2. The van der Waals surface area contributed by atoms with Crippen molar-refractivity contribution < 1.29 is 0 Å². The molecule has 2 heterocycles. The lowest BCUT2D eigenvalue weighted by Crippen LogP contribution is -2.35. The maximum absolute atomic E-state index is 4.95. The fourth-order valence-corrected chi connectivity index (χ4v) is 4.41. The van der Waals surface area contributed by atoms with E-state index in [4.69, 9.17) is 4.99 Å². The standard InChI is InChI=1S/C19H29N3S/c1-4-10-18(11-5-1)20-19(22-14-8-3-9-15-22)23-17-16-21-12-6-2-7-13-21/h1,4-5,10-11H,2-3,6-9,12-17H2. The summed E-state index contributed by atoms with van der Waals surface area (Å²) >= 11 is 1.95. The predicted molar refractivity (Wildman–Crippen MR) is 102 cm³/mol. The summed E-state index contributed by atoms with van der Waals surface area (Å²) < 4.78 is 0. The van der Waals surface area contributed by atoms with Crippen molar-refractivity contribution in [1.29, 1.82) is 0 Å². The van der Waals surface area contributed by atoms with Crippen LogP contribution in [0.4, 0.5) is 5.69 Å². The molecule has 2 aliphatic heterocycles. The maximum atomic E-state index is 4.95. The van der Waals surface area contributed by atoms with Crippen LogP contribution < -0.4 is 0 Å². The van der Waals surface area contributed by atoms with Gasteiger partial charge in [-0.15, -0.1) is 0 Å². The van der Waals surface area contributed by atoms with Gasteiger partial charge in [-0.2, -0.15) is 0 Å². The van der Waals surface area contributed by atoms with Gasteiger partial charge >= 0.3 is 0 Å². The lowest BCUT2D eigenvalue weighted by Gasteiger charge is -2.30. The Bertz CT molecular complexity index is 477. The minimum atomic E-state index is 1.08. The van der Waals surface area contributed by atoms with Crippen LogP contribution >= 0.6 is 11.8 Å². The van der Waals surface area contributed by atoms with Crippen LogP contribution in [-0.4, -0.2) is 53.4 Å². The average Bonchev–Trinajstić information content (AvgIpc) is 2.63. The van der Waals surface area contributed by atoms with Gasteiger partial charge in [-0.05, 0) is 57.3 Å². The van der Waals surface area contributed by atoms with Crippen LogP contribution in [0.15, 0.2) is 35.3 Å². The first-order chi connectivity index (χ1) is 11.4. The monoisotopic (exact) mass is 331 g/mol. The molecule has 3 rings (SSSR count). The van der Waals surface area contributed by atoms with Gasteiger partial charge in [0.05, 0.1) is 5.69 Å². The molecule has 1 aromatic carbocycles. The Kier molecular flexibility index (Phi) is 6.84. The molecule has 1 aromatic rings. The van der Waals surface area contributed by atoms with Crippen molar-refractivity contribution in [2.75, 3.05) is 38.5 Å². The SMILES string of the molecule is c1ccc(N=C(SCCN2CCCCC2)N2CCCCC2)cc1. The number of para-hydroxylation sites is 1. The fourth-order valence-electron chi connectivity index (χ4n) is 3.34. The minimum absolute atomic E-state index is 1.08. The fraction of sp³-hybridized carbons (Fsp3) is 0.632. The van der Waals surface area contributed by atoms with Gasteiger partial charge in [0.15, 0.2) is 5.17 Å². The molecule has 2 aliphatic rings. The van der Waals surface area contributed by atoms with Gasteiger partial charge in [0.25, 0.3) is 0 Å². The van der Waals surface area contributed by atoms with Crippen molar-refractivity contribution in [2.45, 2.75) is 38.5 Å². The molecule has 2 fully saturated rings. The van der Waals surface area contributed by atoms with Crippen molar-refractivity contribution in [2.24, 2.45) is 4.99 Å². The van der Waals surface area contributed by atoms with E-state index in [1.807, 2.05) is 11.8 Å². The summed E-state index contributed by atoms with van der Waals surface area (Å²) in [6, 6.07) is 10.4. The smallest absolute Gasteiger partial charge is 0.164 e. The van der Waals surface area contributed by atoms with E-state index in [0.717, 1.165) is 11.4 Å². The Morgan fingerprint density at radius 1 is 0.870 bits per heavy atom. The first kappa shape index (κ1) is 16.8. The first-order valence-electron chi connectivity index (χ1n) is 9.16. The summed E-state index contributed by atoms with van der Waals surface area (Å²) in [7, 11) is 0. The molecule has 0 radical (unpaired) electrons. The second kappa shape index (κ2) is 9.33. The number of hydrogen-bond donors (Lipinski definition) is 0. The Labute approximate surface area is 145 Å². The Morgan fingerprint density at radius 3 is 2.22 bits per heavy atom. The largest absolute Gasteiger partial charge is 0.351 e. The molecule has 0 N–H and O–H groups in total. The van der Waals surface area contributed by atoms with E-state index in [1.54, 1.807) is 0 Å². The highest BCUT2D eigenvalue weighted by Gasteiger charge is 2.16. The molecule has 0 amide bonds. The lowest BCUT2D eigenvalue weighted by atomic mass is 10.1. The van der Waals surface area contributed by atoms with E-state index >= 15 is 0 Å². The van der Waals surface area contributed by atoms with Crippen molar-refractivity contribution >= 4 is 22.6 Å². The molecule has 0 aliphatic carbocycles. The highest BCUT2D eigenvalue weighted by Crippen LogP contribution is 2.21. The quantitative estimate of drug-likeness (QED) is 0.603. The van der Waals surface area contributed by atoms with Crippen molar-refractivity contribution in [3.63, 3.8) is 0 Å². The normalized spacial score (nSPS) is 20.7. The average molecular weight is 332 g/mol. The van der Waals surface area contributed by atoms with Crippen LogP contribution in [0.5, 0.6) is 0 Å². The molecule has 3 nitrogen and oxygen atoms in total. The van der Waals surface area contributed by atoms with Gasteiger partial charge in [0.1, 0.15) is 0 Å². The van der Waals surface area contributed by atoms with Crippen molar-refractivity contribution in [3.05, 3.63) is 30.3 Å². The lowest BCUT2D eigenvalue weighted by molar-refractivity contribution is 0.242. The summed E-state index contributed by atoms with van der Waals surface area (Å²) in [5.41, 5.74) is 1.08. The first-order valence-corrected chi connectivity index (χ1v) is 10.1. The Balaban J connectivity index is 1.59. The van der Waals surface area contributed by atoms with Gasteiger partial charge in [-0.1, -0.05) is 36.4 Å². The van der Waals surface area contributed by atoms with Gasteiger partial charge < -0.3 is 9.80 Å². The third-order valence-corrected chi connectivity index (χ3v) is 5.69. The molecule has 0 saturated carbocycles. The summed E-state index contributed by atoms with van der Waals surface area (Å²) in [6.45, 7) is 6.11. The molecule has 2 saturated heterocycles. The number of nitrogens with zero attached hydrogens (tertiary/aromatic N) is 3. The molecule has 23 heavy (non-hydrogen) atoms. The topological polar surface area (TPSA) is 18.8 Å². The second-order valence-electron chi connectivity index (χ2n) is 6.53. The van der Waals surface area contributed by atoms with Crippen molar-refractivity contribution in [1.82, 2.24) is 9.80 Å². The molecule has 0 aromatic heterocycles. The van der Waals surface area contributed by atoms with Crippen molar-refractivity contribution in [3.8, 4) is 0 Å². The number of thioether (sulfide) groups is 1. The number of benzene rings is 1.